The summed E-state index contributed by atoms with van der Waals surface area (Å²) in [7, 11) is 0. The van der Waals surface area contributed by atoms with Gasteiger partial charge in [0.25, 0.3) is 0 Å². The monoisotopic (exact) mass is 274 g/mol. The predicted molar refractivity (Wildman–Crippen MR) is 78.7 cm³/mol. The first-order valence-corrected chi connectivity index (χ1v) is 7.55. The average molecular weight is 274 g/mol. The van der Waals surface area contributed by atoms with Gasteiger partial charge in [0.2, 0.25) is 5.91 Å². The molecular weight excluding hydrogens is 252 g/mol. The Labute approximate surface area is 119 Å². The molecule has 1 aromatic rings. The van der Waals surface area contributed by atoms with Crippen molar-refractivity contribution in [2.24, 2.45) is 0 Å². The molecule has 2 heterocycles. The zero-order valence-electron chi connectivity index (χ0n) is 11.7. The Morgan fingerprint density at radius 2 is 2.15 bits per heavy atom. The molecule has 1 aromatic carbocycles. The second kappa shape index (κ2) is 5.83. The molecule has 4 heteroatoms. The van der Waals surface area contributed by atoms with Crippen molar-refractivity contribution in [3.63, 3.8) is 0 Å². The highest BCUT2D eigenvalue weighted by Gasteiger charge is 2.34. The number of carbonyl (C=O) groups is 1. The van der Waals surface area contributed by atoms with Crippen LogP contribution in [-0.4, -0.2) is 41.7 Å². The molecule has 1 amide bonds. The largest absolute Gasteiger partial charge is 0.394 e. The summed E-state index contributed by atoms with van der Waals surface area (Å²) in [5.74, 6) is 0.136. The van der Waals surface area contributed by atoms with Gasteiger partial charge in [0.05, 0.1) is 18.6 Å². The van der Waals surface area contributed by atoms with E-state index in [9.17, 15) is 9.90 Å². The summed E-state index contributed by atoms with van der Waals surface area (Å²) >= 11 is 0. The molecule has 2 N–H and O–H groups in total. The Morgan fingerprint density at radius 3 is 3.00 bits per heavy atom. The summed E-state index contributed by atoms with van der Waals surface area (Å²) in [6.45, 7) is 1.71. The highest BCUT2D eigenvalue weighted by molar-refractivity contribution is 5.86. The van der Waals surface area contributed by atoms with Crippen LogP contribution in [0.4, 0.5) is 5.69 Å². The van der Waals surface area contributed by atoms with Gasteiger partial charge in [-0.25, -0.2) is 0 Å². The number of hydrogen-bond donors (Lipinski definition) is 2. The van der Waals surface area contributed by atoms with Gasteiger partial charge in [-0.3, -0.25) is 4.79 Å². The number of amides is 1. The van der Waals surface area contributed by atoms with Crippen molar-refractivity contribution in [2.75, 3.05) is 25.0 Å². The molecule has 108 valence electrons. The van der Waals surface area contributed by atoms with Crippen LogP contribution in [0.2, 0.25) is 0 Å². The van der Waals surface area contributed by atoms with Crippen LogP contribution in [0.15, 0.2) is 24.3 Å². The molecule has 2 unspecified atom stereocenters. The average Bonchev–Trinajstić information content (AvgIpc) is 2.53. The summed E-state index contributed by atoms with van der Waals surface area (Å²) in [6, 6.07) is 8.08. The molecule has 0 radical (unpaired) electrons. The predicted octanol–water partition coefficient (Wildman–Crippen LogP) is 1.96. The molecule has 4 nitrogen and oxygen atoms in total. The van der Waals surface area contributed by atoms with E-state index in [1.807, 2.05) is 29.2 Å². The van der Waals surface area contributed by atoms with E-state index >= 15 is 0 Å². The van der Waals surface area contributed by atoms with Crippen molar-refractivity contribution >= 4 is 11.6 Å². The van der Waals surface area contributed by atoms with Crippen molar-refractivity contribution in [3.8, 4) is 0 Å². The minimum atomic E-state index is -0.0559. The number of aliphatic hydroxyl groups excluding tert-OH is 1. The van der Waals surface area contributed by atoms with Crippen molar-refractivity contribution in [3.05, 3.63) is 29.8 Å². The van der Waals surface area contributed by atoms with Crippen LogP contribution in [-0.2, 0) is 4.79 Å². The van der Waals surface area contributed by atoms with Gasteiger partial charge in [0.15, 0.2) is 0 Å². The van der Waals surface area contributed by atoms with Gasteiger partial charge in [0.1, 0.15) is 0 Å². The SMILES string of the molecule is O=C(C1CCNc2ccccc21)N1CCCCC1CO. The number of rotatable bonds is 2. The van der Waals surface area contributed by atoms with Crippen molar-refractivity contribution in [1.29, 1.82) is 0 Å². The van der Waals surface area contributed by atoms with Crippen LogP contribution in [0.3, 0.4) is 0 Å². The Morgan fingerprint density at radius 1 is 1.30 bits per heavy atom. The Balaban J connectivity index is 1.84. The lowest BCUT2D eigenvalue weighted by Crippen LogP contribution is -2.48. The lowest BCUT2D eigenvalue weighted by molar-refractivity contribution is -0.137. The lowest BCUT2D eigenvalue weighted by Gasteiger charge is -2.38. The maximum absolute atomic E-state index is 12.9. The first-order chi connectivity index (χ1) is 9.81. The number of para-hydroxylation sites is 1. The molecular formula is C16H22N2O2. The van der Waals surface area contributed by atoms with Crippen LogP contribution < -0.4 is 5.32 Å². The van der Waals surface area contributed by atoms with Crippen molar-refractivity contribution in [2.45, 2.75) is 37.6 Å². The number of anilines is 1. The Bertz CT molecular complexity index is 489. The summed E-state index contributed by atoms with van der Waals surface area (Å²) in [5.41, 5.74) is 2.18. The molecule has 0 bridgehead atoms. The number of aliphatic hydroxyl groups is 1. The number of carbonyl (C=O) groups excluding carboxylic acids is 1. The Kier molecular flexibility index (Phi) is 3.92. The van der Waals surface area contributed by atoms with Crippen molar-refractivity contribution < 1.29 is 9.90 Å². The number of nitrogens with zero attached hydrogens (tertiary/aromatic N) is 1. The van der Waals surface area contributed by atoms with Gasteiger partial charge >= 0.3 is 0 Å². The highest BCUT2D eigenvalue weighted by atomic mass is 16.3. The second-order valence-electron chi connectivity index (χ2n) is 5.72. The first-order valence-electron chi connectivity index (χ1n) is 7.55. The van der Waals surface area contributed by atoms with E-state index in [-0.39, 0.29) is 24.5 Å². The summed E-state index contributed by atoms with van der Waals surface area (Å²) in [6.07, 6.45) is 3.92. The fraction of sp³-hybridized carbons (Fsp3) is 0.562. The highest BCUT2D eigenvalue weighted by Crippen LogP contribution is 2.34. The number of hydrogen-bond acceptors (Lipinski definition) is 3. The van der Waals surface area contributed by atoms with Gasteiger partial charge in [-0.1, -0.05) is 18.2 Å². The molecule has 0 saturated carbocycles. The number of piperidine rings is 1. The van der Waals surface area contributed by atoms with E-state index in [0.29, 0.717) is 0 Å². The fourth-order valence-electron chi connectivity index (χ4n) is 3.41. The summed E-state index contributed by atoms with van der Waals surface area (Å²) < 4.78 is 0. The number of likely N-dealkylation sites (tertiary alicyclic amines) is 1. The molecule has 0 aromatic heterocycles. The van der Waals surface area contributed by atoms with Crippen LogP contribution >= 0.6 is 0 Å². The van der Waals surface area contributed by atoms with E-state index in [0.717, 1.165) is 50.0 Å². The molecule has 1 saturated heterocycles. The molecule has 0 aliphatic carbocycles. The smallest absolute Gasteiger partial charge is 0.230 e. The summed E-state index contributed by atoms with van der Waals surface area (Å²) in [4.78, 5) is 14.8. The third-order valence-electron chi connectivity index (χ3n) is 4.50. The van der Waals surface area contributed by atoms with Crippen LogP contribution in [0.1, 0.15) is 37.2 Å². The van der Waals surface area contributed by atoms with Gasteiger partial charge < -0.3 is 15.3 Å². The molecule has 2 atom stereocenters. The molecule has 3 rings (SSSR count). The van der Waals surface area contributed by atoms with Gasteiger partial charge in [-0.2, -0.15) is 0 Å². The van der Waals surface area contributed by atoms with E-state index in [2.05, 4.69) is 5.32 Å². The minimum absolute atomic E-state index is 0.0123. The van der Waals surface area contributed by atoms with Gasteiger partial charge in [-0.05, 0) is 37.3 Å². The van der Waals surface area contributed by atoms with E-state index < -0.39 is 0 Å². The molecule has 20 heavy (non-hydrogen) atoms. The summed E-state index contributed by atoms with van der Waals surface area (Å²) in [5, 5.41) is 12.9. The third-order valence-corrected chi connectivity index (χ3v) is 4.50. The Hall–Kier alpha value is -1.55. The molecule has 1 fully saturated rings. The van der Waals surface area contributed by atoms with Crippen LogP contribution in [0.5, 0.6) is 0 Å². The number of benzene rings is 1. The standard InChI is InChI=1S/C16H22N2O2/c19-11-12-5-3-4-10-18(12)16(20)14-8-9-17-15-7-2-1-6-13(14)15/h1-2,6-7,12,14,17,19H,3-5,8-11H2. The van der Waals surface area contributed by atoms with E-state index in [1.165, 1.54) is 0 Å². The third kappa shape index (κ3) is 2.40. The lowest BCUT2D eigenvalue weighted by atomic mass is 9.88. The maximum Gasteiger partial charge on any atom is 0.230 e. The number of nitrogens with one attached hydrogen (secondary N) is 1. The topological polar surface area (TPSA) is 52.6 Å². The second-order valence-corrected chi connectivity index (χ2v) is 5.72. The first kappa shape index (κ1) is 13.4. The quantitative estimate of drug-likeness (QED) is 0.867. The van der Waals surface area contributed by atoms with Gasteiger partial charge in [-0.15, -0.1) is 0 Å². The molecule has 2 aliphatic heterocycles. The zero-order valence-corrected chi connectivity index (χ0v) is 11.7. The van der Waals surface area contributed by atoms with Crippen molar-refractivity contribution in [1.82, 2.24) is 4.90 Å². The van der Waals surface area contributed by atoms with Gasteiger partial charge in [0, 0.05) is 18.8 Å². The minimum Gasteiger partial charge on any atom is -0.394 e. The maximum atomic E-state index is 12.9. The molecule has 0 spiro atoms. The van der Waals surface area contributed by atoms with Crippen LogP contribution in [0.25, 0.3) is 0 Å². The number of fused-ring (bicyclic) bond motifs is 1. The molecule has 2 aliphatic rings. The van der Waals surface area contributed by atoms with Crippen LogP contribution in [0, 0.1) is 0 Å². The normalized spacial score (nSPS) is 25.8. The fourth-order valence-corrected chi connectivity index (χ4v) is 3.41. The zero-order chi connectivity index (χ0) is 13.9. The van der Waals surface area contributed by atoms with E-state index in [1.54, 1.807) is 0 Å². The van der Waals surface area contributed by atoms with E-state index in [4.69, 9.17) is 0 Å².